The predicted octanol–water partition coefficient (Wildman–Crippen LogP) is 4.33. The van der Waals surface area contributed by atoms with Crippen LogP contribution >= 0.6 is 0 Å². The first kappa shape index (κ1) is 16.3. The van der Waals surface area contributed by atoms with E-state index in [9.17, 15) is 5.11 Å². The van der Waals surface area contributed by atoms with Gasteiger partial charge in [0.2, 0.25) is 0 Å². The van der Waals surface area contributed by atoms with Gasteiger partial charge in [0, 0.05) is 21.9 Å². The lowest BCUT2D eigenvalue weighted by atomic mass is 10.0. The minimum Gasteiger partial charge on any atom is -0.508 e. The summed E-state index contributed by atoms with van der Waals surface area (Å²) in [7, 11) is 1.64. The minimum absolute atomic E-state index is 0.220. The zero-order chi connectivity index (χ0) is 19.1. The van der Waals surface area contributed by atoms with E-state index in [0.29, 0.717) is 11.5 Å². The molecule has 0 fully saturated rings. The summed E-state index contributed by atoms with van der Waals surface area (Å²) in [4.78, 5) is 0. The molecule has 0 aliphatic rings. The van der Waals surface area contributed by atoms with Gasteiger partial charge in [0.25, 0.3) is 0 Å². The molecule has 5 aromatic rings. The summed E-state index contributed by atoms with van der Waals surface area (Å²) < 4.78 is 7.01. The van der Waals surface area contributed by atoms with Crippen LogP contribution in [0.4, 0.5) is 0 Å². The zero-order valence-electron chi connectivity index (χ0n) is 15.1. The molecule has 0 radical (unpaired) electrons. The molecule has 0 aliphatic carbocycles. The van der Waals surface area contributed by atoms with Gasteiger partial charge < -0.3 is 9.84 Å². The van der Waals surface area contributed by atoms with Crippen molar-refractivity contribution in [3.05, 3.63) is 72.8 Å². The van der Waals surface area contributed by atoms with E-state index >= 15 is 0 Å². The summed E-state index contributed by atoms with van der Waals surface area (Å²) in [5.74, 6) is 1.65. The third-order valence-electron chi connectivity index (χ3n) is 4.75. The maximum atomic E-state index is 9.64. The third-order valence-corrected chi connectivity index (χ3v) is 4.75. The highest BCUT2D eigenvalue weighted by atomic mass is 16.5. The number of methoxy groups -OCH3 is 1. The van der Waals surface area contributed by atoms with Crippen LogP contribution < -0.4 is 4.74 Å². The maximum absolute atomic E-state index is 9.64. The first-order valence-electron chi connectivity index (χ1n) is 8.82. The van der Waals surface area contributed by atoms with Crippen molar-refractivity contribution in [1.82, 2.24) is 19.8 Å². The summed E-state index contributed by atoms with van der Waals surface area (Å²) in [5.41, 5.74) is 3.31. The fourth-order valence-corrected chi connectivity index (χ4v) is 3.33. The van der Waals surface area contributed by atoms with Crippen LogP contribution in [-0.4, -0.2) is 32.0 Å². The van der Waals surface area contributed by atoms with Gasteiger partial charge in [0.15, 0.2) is 11.5 Å². The molecule has 2 heterocycles. The molecule has 0 spiro atoms. The molecule has 5 rings (SSSR count). The molecule has 0 unspecified atom stereocenters. The van der Waals surface area contributed by atoms with Crippen LogP contribution in [-0.2, 0) is 0 Å². The molecule has 2 aromatic heterocycles. The summed E-state index contributed by atoms with van der Waals surface area (Å²) >= 11 is 0. The molecule has 0 amide bonds. The van der Waals surface area contributed by atoms with E-state index in [1.807, 2.05) is 60.7 Å². The Balaban J connectivity index is 1.80. The number of fused-ring (bicyclic) bond motifs is 3. The summed E-state index contributed by atoms with van der Waals surface area (Å²) in [6.45, 7) is 0. The highest BCUT2D eigenvalue weighted by Crippen LogP contribution is 2.31. The third kappa shape index (κ3) is 2.54. The van der Waals surface area contributed by atoms with Gasteiger partial charge in [-0.2, -0.15) is 9.61 Å². The second-order valence-electron chi connectivity index (χ2n) is 6.43. The second kappa shape index (κ2) is 6.35. The Kier molecular flexibility index (Phi) is 3.69. The van der Waals surface area contributed by atoms with E-state index in [4.69, 9.17) is 9.84 Å². The molecular weight excluding hydrogens is 352 g/mol. The maximum Gasteiger partial charge on any atom is 0.186 e. The van der Waals surface area contributed by atoms with Crippen molar-refractivity contribution in [3.8, 4) is 34.1 Å². The fourth-order valence-electron chi connectivity index (χ4n) is 3.33. The molecular formula is C22H16N4O2. The standard InChI is InChI=1S/C22H16N4O2/c1-28-17-12-8-15(9-13-17)21-23-24-22-19-5-3-2-4-18(19)20(25-26(21)22)14-6-10-16(27)11-7-14/h2-13,27H,1H3. The quantitative estimate of drug-likeness (QED) is 0.513. The topological polar surface area (TPSA) is 72.5 Å². The zero-order valence-corrected chi connectivity index (χ0v) is 15.1. The summed E-state index contributed by atoms with van der Waals surface area (Å²) in [6, 6.07) is 22.7. The van der Waals surface area contributed by atoms with Crippen LogP contribution in [0.3, 0.4) is 0 Å². The molecule has 28 heavy (non-hydrogen) atoms. The van der Waals surface area contributed by atoms with Crippen molar-refractivity contribution in [2.24, 2.45) is 0 Å². The molecule has 3 aromatic carbocycles. The summed E-state index contributed by atoms with van der Waals surface area (Å²) in [6.07, 6.45) is 0. The number of aromatic hydroxyl groups is 1. The van der Waals surface area contributed by atoms with Crippen LogP contribution in [0.1, 0.15) is 0 Å². The van der Waals surface area contributed by atoms with Crippen LogP contribution in [0.5, 0.6) is 11.5 Å². The Hall–Kier alpha value is -3.93. The molecule has 1 N–H and O–H groups in total. The number of rotatable bonds is 3. The first-order valence-corrected chi connectivity index (χ1v) is 8.82. The first-order chi connectivity index (χ1) is 13.7. The normalized spacial score (nSPS) is 11.2. The van der Waals surface area contributed by atoms with Gasteiger partial charge in [0.1, 0.15) is 11.5 Å². The monoisotopic (exact) mass is 368 g/mol. The second-order valence-corrected chi connectivity index (χ2v) is 6.43. The molecule has 0 bridgehead atoms. The van der Waals surface area contributed by atoms with Crippen molar-refractivity contribution < 1.29 is 9.84 Å². The molecule has 6 heteroatoms. The number of hydrogen-bond donors (Lipinski definition) is 1. The van der Waals surface area contributed by atoms with Crippen molar-refractivity contribution >= 4 is 16.4 Å². The number of aromatic nitrogens is 4. The van der Waals surface area contributed by atoms with Crippen LogP contribution in [0, 0.1) is 0 Å². The van der Waals surface area contributed by atoms with Crippen LogP contribution in [0.25, 0.3) is 39.1 Å². The highest BCUT2D eigenvalue weighted by Gasteiger charge is 2.16. The van der Waals surface area contributed by atoms with Gasteiger partial charge >= 0.3 is 0 Å². The van der Waals surface area contributed by atoms with E-state index in [0.717, 1.165) is 33.3 Å². The summed E-state index contributed by atoms with van der Waals surface area (Å²) in [5, 5.41) is 25.2. The number of ether oxygens (including phenoxy) is 1. The van der Waals surface area contributed by atoms with E-state index in [1.165, 1.54) is 0 Å². The van der Waals surface area contributed by atoms with Gasteiger partial charge in [-0.05, 0) is 48.5 Å². The lowest BCUT2D eigenvalue weighted by molar-refractivity contribution is 0.415. The smallest absolute Gasteiger partial charge is 0.186 e. The predicted molar refractivity (Wildman–Crippen MR) is 107 cm³/mol. The molecule has 0 atom stereocenters. The number of phenols is 1. The van der Waals surface area contributed by atoms with Crippen LogP contribution in [0.15, 0.2) is 72.8 Å². The molecule has 0 saturated carbocycles. The number of benzene rings is 3. The Morgan fingerprint density at radius 1 is 0.786 bits per heavy atom. The fraction of sp³-hybridized carbons (Fsp3) is 0.0455. The highest BCUT2D eigenvalue weighted by molar-refractivity contribution is 6.01. The van der Waals surface area contributed by atoms with E-state index in [2.05, 4.69) is 10.2 Å². The van der Waals surface area contributed by atoms with Crippen molar-refractivity contribution in [1.29, 1.82) is 0 Å². The average Bonchev–Trinajstić information content (AvgIpc) is 3.18. The Morgan fingerprint density at radius 3 is 2.18 bits per heavy atom. The lowest BCUT2D eigenvalue weighted by Gasteiger charge is -2.09. The molecule has 0 aliphatic heterocycles. The van der Waals surface area contributed by atoms with Gasteiger partial charge in [-0.1, -0.05) is 24.3 Å². The molecule has 0 saturated heterocycles. The minimum atomic E-state index is 0.220. The SMILES string of the molecule is COc1ccc(-c2nnc3c4ccccc4c(-c4ccc(O)cc4)nn23)cc1. The van der Waals surface area contributed by atoms with Gasteiger partial charge in [0.05, 0.1) is 12.8 Å². The van der Waals surface area contributed by atoms with Crippen molar-refractivity contribution in [2.75, 3.05) is 7.11 Å². The number of phenolic OH excluding ortho intramolecular Hbond substituents is 1. The Morgan fingerprint density at radius 2 is 1.46 bits per heavy atom. The van der Waals surface area contributed by atoms with Gasteiger partial charge in [-0.3, -0.25) is 0 Å². The van der Waals surface area contributed by atoms with Gasteiger partial charge in [-0.15, -0.1) is 10.2 Å². The van der Waals surface area contributed by atoms with Crippen LogP contribution in [0.2, 0.25) is 0 Å². The molecule has 6 nitrogen and oxygen atoms in total. The average molecular weight is 368 g/mol. The van der Waals surface area contributed by atoms with Crippen molar-refractivity contribution in [3.63, 3.8) is 0 Å². The number of nitrogens with zero attached hydrogens (tertiary/aromatic N) is 4. The largest absolute Gasteiger partial charge is 0.508 e. The van der Waals surface area contributed by atoms with E-state index in [1.54, 1.807) is 23.8 Å². The number of hydrogen-bond acceptors (Lipinski definition) is 5. The molecule has 136 valence electrons. The Bertz CT molecular complexity index is 1290. The Labute approximate surface area is 160 Å². The van der Waals surface area contributed by atoms with Gasteiger partial charge in [-0.25, -0.2) is 0 Å². The lowest BCUT2D eigenvalue weighted by Crippen LogP contribution is -1.99. The van der Waals surface area contributed by atoms with E-state index in [-0.39, 0.29) is 5.75 Å². The van der Waals surface area contributed by atoms with E-state index < -0.39 is 0 Å². The van der Waals surface area contributed by atoms with Crippen molar-refractivity contribution in [2.45, 2.75) is 0 Å².